The van der Waals surface area contributed by atoms with Gasteiger partial charge in [-0.15, -0.1) is 0 Å². The van der Waals surface area contributed by atoms with E-state index in [0.717, 1.165) is 56.6 Å². The fourth-order valence-electron chi connectivity index (χ4n) is 3.08. The van der Waals surface area contributed by atoms with Gasteiger partial charge in [0.25, 0.3) is 0 Å². The number of piperazine rings is 1. The molecule has 3 rings (SSSR count). The van der Waals surface area contributed by atoms with Crippen molar-refractivity contribution in [3.63, 3.8) is 0 Å². The van der Waals surface area contributed by atoms with E-state index in [1.807, 2.05) is 6.92 Å². The van der Waals surface area contributed by atoms with Crippen LogP contribution in [0, 0.1) is 13.8 Å². The highest BCUT2D eigenvalue weighted by Gasteiger charge is 2.19. The summed E-state index contributed by atoms with van der Waals surface area (Å²) < 4.78 is 0. The standard InChI is InChI=1S/C19H27N5/c1-4-8-20-18-14-19(22-16(3)21-18)24-11-9-23(10-12-24)17-7-5-6-15(2)13-17/h5-7,13-14H,4,8-12H2,1-3H3,(H,20,21,22). The topological polar surface area (TPSA) is 44.3 Å². The van der Waals surface area contributed by atoms with Crippen molar-refractivity contribution < 1.29 is 0 Å². The molecule has 0 atom stereocenters. The van der Waals surface area contributed by atoms with Crippen LogP contribution in [0.1, 0.15) is 24.7 Å². The van der Waals surface area contributed by atoms with Crippen LogP contribution < -0.4 is 15.1 Å². The third-order valence-corrected chi connectivity index (χ3v) is 4.35. The molecule has 0 spiro atoms. The first kappa shape index (κ1) is 16.6. The second-order valence-corrected chi connectivity index (χ2v) is 6.40. The second kappa shape index (κ2) is 7.51. The molecule has 1 fully saturated rings. The van der Waals surface area contributed by atoms with Crippen molar-refractivity contribution in [2.24, 2.45) is 0 Å². The molecule has 0 aliphatic carbocycles. The van der Waals surface area contributed by atoms with Gasteiger partial charge in [-0.2, -0.15) is 0 Å². The summed E-state index contributed by atoms with van der Waals surface area (Å²) in [6, 6.07) is 10.8. The van der Waals surface area contributed by atoms with Gasteiger partial charge in [-0.05, 0) is 38.0 Å². The molecule has 0 amide bonds. The summed E-state index contributed by atoms with van der Waals surface area (Å²) in [4.78, 5) is 13.9. The van der Waals surface area contributed by atoms with Crippen LogP contribution in [0.5, 0.6) is 0 Å². The first-order chi connectivity index (χ1) is 11.7. The zero-order valence-electron chi connectivity index (χ0n) is 14.9. The van der Waals surface area contributed by atoms with Gasteiger partial charge in [0.2, 0.25) is 0 Å². The molecule has 0 unspecified atom stereocenters. The smallest absolute Gasteiger partial charge is 0.134 e. The minimum absolute atomic E-state index is 0.826. The maximum absolute atomic E-state index is 4.63. The van der Waals surface area contributed by atoms with Crippen LogP contribution in [0.3, 0.4) is 0 Å². The van der Waals surface area contributed by atoms with E-state index in [2.05, 4.69) is 69.3 Å². The van der Waals surface area contributed by atoms with E-state index in [1.165, 1.54) is 11.3 Å². The molecule has 1 N–H and O–H groups in total. The minimum Gasteiger partial charge on any atom is -0.370 e. The number of rotatable bonds is 5. The van der Waals surface area contributed by atoms with Crippen molar-refractivity contribution >= 4 is 17.3 Å². The first-order valence-electron chi connectivity index (χ1n) is 8.82. The van der Waals surface area contributed by atoms with Gasteiger partial charge < -0.3 is 15.1 Å². The summed E-state index contributed by atoms with van der Waals surface area (Å²) in [7, 11) is 0. The second-order valence-electron chi connectivity index (χ2n) is 6.40. The van der Waals surface area contributed by atoms with Crippen molar-refractivity contribution in [3.05, 3.63) is 41.7 Å². The fourth-order valence-corrected chi connectivity index (χ4v) is 3.08. The number of aromatic nitrogens is 2. The van der Waals surface area contributed by atoms with Gasteiger partial charge in [0.1, 0.15) is 17.5 Å². The number of aryl methyl sites for hydroxylation is 2. The molecule has 0 saturated carbocycles. The van der Waals surface area contributed by atoms with Crippen molar-refractivity contribution in [3.8, 4) is 0 Å². The van der Waals surface area contributed by atoms with Gasteiger partial charge in [0.05, 0.1) is 0 Å². The van der Waals surface area contributed by atoms with E-state index >= 15 is 0 Å². The lowest BCUT2D eigenvalue weighted by Gasteiger charge is -2.37. The Bertz CT molecular complexity index is 677. The molecule has 1 saturated heterocycles. The number of nitrogens with zero attached hydrogens (tertiary/aromatic N) is 4. The Kier molecular flexibility index (Phi) is 5.18. The summed E-state index contributed by atoms with van der Waals surface area (Å²) >= 11 is 0. The monoisotopic (exact) mass is 325 g/mol. The van der Waals surface area contributed by atoms with Crippen molar-refractivity contribution in [2.75, 3.05) is 47.8 Å². The van der Waals surface area contributed by atoms with Crippen LogP contribution in [0.4, 0.5) is 17.3 Å². The Morgan fingerprint density at radius 3 is 2.46 bits per heavy atom. The van der Waals surface area contributed by atoms with Crippen LogP contribution >= 0.6 is 0 Å². The van der Waals surface area contributed by atoms with Crippen molar-refractivity contribution in [2.45, 2.75) is 27.2 Å². The summed E-state index contributed by atoms with van der Waals surface area (Å²) in [5, 5.41) is 3.37. The average molecular weight is 325 g/mol. The van der Waals surface area contributed by atoms with Crippen molar-refractivity contribution in [1.82, 2.24) is 9.97 Å². The highest BCUT2D eigenvalue weighted by molar-refractivity contribution is 5.53. The number of nitrogens with one attached hydrogen (secondary N) is 1. The summed E-state index contributed by atoms with van der Waals surface area (Å²) in [5.41, 5.74) is 2.63. The maximum atomic E-state index is 4.63. The van der Waals surface area contributed by atoms with E-state index in [-0.39, 0.29) is 0 Å². The minimum atomic E-state index is 0.826. The van der Waals surface area contributed by atoms with Crippen molar-refractivity contribution in [1.29, 1.82) is 0 Å². The predicted octanol–water partition coefficient (Wildman–Crippen LogP) is 3.24. The van der Waals surface area contributed by atoms with Crippen LogP contribution in [0.25, 0.3) is 0 Å². The molecule has 1 aromatic carbocycles. The number of hydrogen-bond acceptors (Lipinski definition) is 5. The fraction of sp³-hybridized carbons (Fsp3) is 0.474. The van der Waals surface area contributed by atoms with Crippen LogP contribution in [0.2, 0.25) is 0 Å². The predicted molar refractivity (Wildman–Crippen MR) is 101 cm³/mol. The summed E-state index contributed by atoms with van der Waals surface area (Å²) in [6.45, 7) is 11.2. The molecule has 24 heavy (non-hydrogen) atoms. The molecule has 128 valence electrons. The van der Waals surface area contributed by atoms with Gasteiger partial charge in [-0.3, -0.25) is 0 Å². The third-order valence-electron chi connectivity index (χ3n) is 4.35. The number of anilines is 3. The summed E-state index contributed by atoms with van der Waals surface area (Å²) in [5.74, 6) is 2.79. The number of hydrogen-bond donors (Lipinski definition) is 1. The normalized spacial score (nSPS) is 14.8. The Hall–Kier alpha value is -2.30. The lowest BCUT2D eigenvalue weighted by atomic mass is 10.2. The summed E-state index contributed by atoms with van der Waals surface area (Å²) in [6.07, 6.45) is 1.09. The lowest BCUT2D eigenvalue weighted by molar-refractivity contribution is 0.645. The molecule has 1 aliphatic heterocycles. The van der Waals surface area contributed by atoms with E-state index in [9.17, 15) is 0 Å². The third kappa shape index (κ3) is 3.96. The van der Waals surface area contributed by atoms with Gasteiger partial charge in [0, 0.05) is 44.5 Å². The molecule has 0 radical (unpaired) electrons. The Balaban J connectivity index is 1.67. The first-order valence-corrected chi connectivity index (χ1v) is 8.82. The molecule has 2 heterocycles. The highest BCUT2D eigenvalue weighted by atomic mass is 15.3. The SMILES string of the molecule is CCCNc1cc(N2CCN(c3cccc(C)c3)CC2)nc(C)n1. The zero-order valence-corrected chi connectivity index (χ0v) is 14.9. The maximum Gasteiger partial charge on any atom is 0.134 e. The molecule has 0 bridgehead atoms. The van der Waals surface area contributed by atoms with Crippen LogP contribution in [-0.4, -0.2) is 42.7 Å². The average Bonchev–Trinajstić information content (AvgIpc) is 2.60. The Morgan fingerprint density at radius 1 is 1.00 bits per heavy atom. The zero-order chi connectivity index (χ0) is 16.9. The molecular weight excluding hydrogens is 298 g/mol. The molecular formula is C19H27N5. The highest BCUT2D eigenvalue weighted by Crippen LogP contribution is 2.21. The Morgan fingerprint density at radius 2 is 1.75 bits per heavy atom. The molecule has 1 aromatic heterocycles. The molecule has 1 aliphatic rings. The van der Waals surface area contributed by atoms with E-state index in [1.54, 1.807) is 0 Å². The van der Waals surface area contributed by atoms with Gasteiger partial charge >= 0.3 is 0 Å². The van der Waals surface area contributed by atoms with E-state index in [0.29, 0.717) is 0 Å². The molecule has 5 heteroatoms. The molecule has 5 nitrogen and oxygen atoms in total. The quantitative estimate of drug-likeness (QED) is 0.914. The van der Waals surface area contributed by atoms with Gasteiger partial charge in [-0.25, -0.2) is 9.97 Å². The van der Waals surface area contributed by atoms with Crippen LogP contribution in [-0.2, 0) is 0 Å². The lowest BCUT2D eigenvalue weighted by Crippen LogP contribution is -2.47. The number of benzene rings is 1. The Labute approximate surface area is 144 Å². The van der Waals surface area contributed by atoms with E-state index < -0.39 is 0 Å². The van der Waals surface area contributed by atoms with Crippen LogP contribution in [0.15, 0.2) is 30.3 Å². The van der Waals surface area contributed by atoms with Gasteiger partial charge in [0.15, 0.2) is 0 Å². The van der Waals surface area contributed by atoms with Gasteiger partial charge in [-0.1, -0.05) is 19.1 Å². The van der Waals surface area contributed by atoms with E-state index in [4.69, 9.17) is 0 Å². The largest absolute Gasteiger partial charge is 0.370 e. The molecule has 2 aromatic rings.